The van der Waals surface area contributed by atoms with Crippen LogP contribution in [-0.2, 0) is 24.3 Å². The summed E-state index contributed by atoms with van der Waals surface area (Å²) < 4.78 is 0. The third-order valence-corrected chi connectivity index (χ3v) is 1.67. The predicted octanol–water partition coefficient (Wildman–Crippen LogP) is 2.08. The summed E-state index contributed by atoms with van der Waals surface area (Å²) in [5.74, 6) is -0.789. The van der Waals surface area contributed by atoms with Gasteiger partial charge >= 0.3 is 5.97 Å². The summed E-state index contributed by atoms with van der Waals surface area (Å²) in [7, 11) is 0. The summed E-state index contributed by atoms with van der Waals surface area (Å²) in [5, 5.41) is 8.14. The molecule has 0 aromatic rings. The van der Waals surface area contributed by atoms with Crippen molar-refractivity contribution in [1.82, 2.24) is 0 Å². The van der Waals surface area contributed by atoms with Crippen molar-refractivity contribution in [3.05, 3.63) is 6.92 Å². The Morgan fingerprint density at radius 2 is 2.00 bits per heavy atom. The Morgan fingerprint density at radius 1 is 1.70 bits per heavy atom. The molecule has 0 aliphatic heterocycles. The number of carboxylic acids is 1. The average molecular weight is 261 g/mol. The van der Waals surface area contributed by atoms with E-state index in [4.69, 9.17) is 5.11 Å². The van der Waals surface area contributed by atoms with Crippen LogP contribution < -0.4 is 0 Å². The molecule has 2 nitrogen and oxygen atoms in total. The fourth-order valence-corrected chi connectivity index (χ4v) is 0.175. The van der Waals surface area contributed by atoms with E-state index in [0.29, 0.717) is 6.42 Å². The molecule has 0 heterocycles. The Hall–Kier alpha value is 0.573. The molecule has 0 saturated carbocycles. The van der Waals surface area contributed by atoms with Crippen LogP contribution in [0.15, 0.2) is 0 Å². The van der Waals surface area contributed by atoms with Gasteiger partial charge in [-0.1, -0.05) is 22.9 Å². The van der Waals surface area contributed by atoms with Crippen molar-refractivity contribution in [2.45, 2.75) is 25.1 Å². The molecule has 1 atom stereocenters. The van der Waals surface area contributed by atoms with Crippen LogP contribution in [0.2, 0.25) is 0 Å². The first-order valence-electron chi connectivity index (χ1n) is 2.76. The van der Waals surface area contributed by atoms with Gasteiger partial charge in [-0.3, -0.25) is 4.79 Å². The van der Waals surface area contributed by atoms with Crippen LogP contribution in [0.5, 0.6) is 0 Å². The second-order valence-corrected chi connectivity index (χ2v) is 2.32. The predicted molar refractivity (Wildman–Crippen MR) is 41.7 cm³/mol. The van der Waals surface area contributed by atoms with E-state index in [1.165, 1.54) is 0 Å². The Bertz CT molecular complexity index is 78.1. The van der Waals surface area contributed by atoms with Gasteiger partial charge in [0.05, 0.1) is 0 Å². The molecule has 0 radical (unpaired) electrons. The standard InChI is InChI=1S/C4H7BrO2.C2H5.Zn/c1-2-3(5)4(6)7;1-2;/h3H,2H2,1H3,(H,6,7);1H2,2H3;/q;-1;. The minimum absolute atomic E-state index is 0. The fourth-order valence-electron chi connectivity index (χ4n) is 0.175. The van der Waals surface area contributed by atoms with Crippen molar-refractivity contribution in [2.75, 3.05) is 0 Å². The molecule has 0 bridgehead atoms. The van der Waals surface area contributed by atoms with Crippen molar-refractivity contribution in [3.8, 4) is 0 Å². The summed E-state index contributed by atoms with van der Waals surface area (Å²) in [6, 6.07) is 0. The molecule has 1 unspecified atom stereocenters. The summed E-state index contributed by atoms with van der Waals surface area (Å²) in [6.45, 7) is 6.81. The Morgan fingerprint density at radius 3 is 2.00 bits per heavy atom. The van der Waals surface area contributed by atoms with Gasteiger partial charge in [-0.05, 0) is 6.42 Å². The smallest absolute Gasteiger partial charge is 0.317 e. The van der Waals surface area contributed by atoms with Gasteiger partial charge in [-0.15, -0.1) is 0 Å². The molecule has 0 aliphatic carbocycles. The zero-order valence-corrected chi connectivity index (χ0v) is 11.0. The van der Waals surface area contributed by atoms with Crippen LogP contribution in [0.3, 0.4) is 0 Å². The van der Waals surface area contributed by atoms with E-state index in [0.717, 1.165) is 0 Å². The van der Waals surface area contributed by atoms with E-state index in [-0.39, 0.29) is 24.3 Å². The normalized spacial score (nSPS) is 10.0. The maximum atomic E-state index is 9.88. The van der Waals surface area contributed by atoms with E-state index in [1.807, 2.05) is 6.92 Å². The number of carboxylic acid groups (broad SMARTS) is 1. The molecule has 0 spiro atoms. The SMILES string of the molecule is CCC(Br)C(=O)O.[CH2-]C.[Zn]. The van der Waals surface area contributed by atoms with Gasteiger partial charge in [-0.2, -0.15) is 6.92 Å². The summed E-state index contributed by atoms with van der Waals surface area (Å²) in [4.78, 5) is 9.52. The number of carbonyl (C=O) groups is 1. The van der Waals surface area contributed by atoms with E-state index < -0.39 is 5.97 Å². The van der Waals surface area contributed by atoms with Crippen LogP contribution >= 0.6 is 15.9 Å². The number of hydrogen-bond donors (Lipinski definition) is 1. The van der Waals surface area contributed by atoms with Crippen LogP contribution in [0, 0.1) is 6.92 Å². The average Bonchev–Trinajstić information content (AvgIpc) is 1.91. The van der Waals surface area contributed by atoms with Gasteiger partial charge in [0.25, 0.3) is 0 Å². The first-order valence-corrected chi connectivity index (χ1v) is 3.67. The zero-order chi connectivity index (χ0) is 7.86. The van der Waals surface area contributed by atoms with Crippen LogP contribution in [0.4, 0.5) is 0 Å². The number of rotatable bonds is 2. The number of aliphatic carboxylic acids is 1. The molecule has 0 amide bonds. The first-order chi connectivity index (χ1) is 4.18. The maximum Gasteiger partial charge on any atom is 0.317 e. The second-order valence-electron chi connectivity index (χ2n) is 1.21. The first kappa shape index (κ1) is 16.9. The zero-order valence-electron chi connectivity index (χ0n) is 6.43. The molecule has 0 rings (SSSR count). The molecule has 1 N–H and O–H groups in total. The van der Waals surface area contributed by atoms with Crippen molar-refractivity contribution in [2.24, 2.45) is 0 Å². The molecular formula is C6H12BrO2Zn-. The third-order valence-electron chi connectivity index (χ3n) is 0.626. The van der Waals surface area contributed by atoms with Gasteiger partial charge in [0.15, 0.2) is 0 Å². The van der Waals surface area contributed by atoms with Crippen molar-refractivity contribution >= 4 is 21.9 Å². The molecule has 0 fully saturated rings. The Balaban J connectivity index is -0.000000149. The molecular weight excluding hydrogens is 249 g/mol. The van der Waals surface area contributed by atoms with Gasteiger partial charge in [0, 0.05) is 19.5 Å². The number of halogens is 1. The van der Waals surface area contributed by atoms with Crippen molar-refractivity contribution < 1.29 is 29.4 Å². The second kappa shape index (κ2) is 12.3. The van der Waals surface area contributed by atoms with Crippen molar-refractivity contribution in [1.29, 1.82) is 0 Å². The minimum atomic E-state index is -0.789. The largest absolute Gasteiger partial charge is 0.480 e. The molecule has 0 aromatic heterocycles. The number of hydrogen-bond acceptors (Lipinski definition) is 1. The van der Waals surface area contributed by atoms with Gasteiger partial charge < -0.3 is 12.0 Å². The molecule has 0 aliphatic rings. The maximum absolute atomic E-state index is 9.88. The van der Waals surface area contributed by atoms with Gasteiger partial charge in [0.1, 0.15) is 4.83 Å². The van der Waals surface area contributed by atoms with Crippen LogP contribution in [0.25, 0.3) is 0 Å². The molecule has 4 heteroatoms. The fraction of sp³-hybridized carbons (Fsp3) is 0.667. The molecule has 10 heavy (non-hydrogen) atoms. The van der Waals surface area contributed by atoms with Crippen molar-refractivity contribution in [3.63, 3.8) is 0 Å². The van der Waals surface area contributed by atoms with Gasteiger partial charge in [0.2, 0.25) is 0 Å². The summed E-state index contributed by atoms with van der Waals surface area (Å²) in [5.41, 5.74) is 0. The topological polar surface area (TPSA) is 37.3 Å². The van der Waals surface area contributed by atoms with Crippen LogP contribution in [-0.4, -0.2) is 15.9 Å². The van der Waals surface area contributed by atoms with E-state index in [2.05, 4.69) is 22.9 Å². The third kappa shape index (κ3) is 11.4. The molecule has 0 aromatic carbocycles. The minimum Gasteiger partial charge on any atom is -0.480 e. The van der Waals surface area contributed by atoms with Gasteiger partial charge in [-0.25, -0.2) is 0 Å². The quantitative estimate of drug-likeness (QED) is 0.469. The number of alkyl halides is 1. The van der Waals surface area contributed by atoms with E-state index >= 15 is 0 Å². The van der Waals surface area contributed by atoms with E-state index in [9.17, 15) is 4.79 Å². The molecule has 58 valence electrons. The van der Waals surface area contributed by atoms with Crippen LogP contribution in [0.1, 0.15) is 20.3 Å². The molecule has 0 saturated heterocycles. The van der Waals surface area contributed by atoms with E-state index in [1.54, 1.807) is 6.92 Å². The summed E-state index contributed by atoms with van der Waals surface area (Å²) >= 11 is 2.94. The monoisotopic (exact) mass is 259 g/mol. The summed E-state index contributed by atoms with van der Waals surface area (Å²) in [6.07, 6.45) is 0.634. The Kier molecular flexibility index (Phi) is 20.7. The Labute approximate surface area is 83.3 Å².